The maximum atomic E-state index is 10.9. The highest BCUT2D eigenvalue weighted by Gasteiger charge is 2.41. The molecule has 0 saturated heterocycles. The summed E-state index contributed by atoms with van der Waals surface area (Å²) in [6.07, 6.45) is 10.9. The first-order chi connectivity index (χ1) is 8.68. The van der Waals surface area contributed by atoms with E-state index in [-0.39, 0.29) is 5.60 Å². The van der Waals surface area contributed by atoms with E-state index in [1.807, 2.05) is 0 Å². The third-order valence-electron chi connectivity index (χ3n) is 5.53. The van der Waals surface area contributed by atoms with Crippen LogP contribution in [-0.4, -0.2) is 23.3 Å². The van der Waals surface area contributed by atoms with E-state index in [2.05, 4.69) is 19.2 Å². The average molecular weight is 253 g/mol. The summed E-state index contributed by atoms with van der Waals surface area (Å²) in [7, 11) is 0. The molecule has 0 atom stereocenters. The van der Waals surface area contributed by atoms with E-state index < -0.39 is 0 Å². The summed E-state index contributed by atoms with van der Waals surface area (Å²) < 4.78 is 0. The zero-order valence-corrected chi connectivity index (χ0v) is 12.3. The normalized spacial score (nSPS) is 41.8. The molecule has 0 spiro atoms. The van der Waals surface area contributed by atoms with Crippen molar-refractivity contribution >= 4 is 0 Å². The van der Waals surface area contributed by atoms with Crippen LogP contribution in [0.5, 0.6) is 0 Å². The second kappa shape index (κ2) is 6.38. The first-order valence-electron chi connectivity index (χ1n) is 8.13. The molecule has 2 fully saturated rings. The maximum Gasteiger partial charge on any atom is 0.0677 e. The van der Waals surface area contributed by atoms with Crippen LogP contribution >= 0.6 is 0 Å². The van der Waals surface area contributed by atoms with Crippen molar-refractivity contribution in [2.75, 3.05) is 6.54 Å². The van der Waals surface area contributed by atoms with Crippen LogP contribution in [0.1, 0.15) is 71.6 Å². The first kappa shape index (κ1) is 14.3. The van der Waals surface area contributed by atoms with E-state index >= 15 is 0 Å². The zero-order valence-electron chi connectivity index (χ0n) is 12.3. The molecular weight excluding hydrogens is 222 g/mol. The molecule has 0 radical (unpaired) electrons. The van der Waals surface area contributed by atoms with Crippen LogP contribution in [-0.2, 0) is 0 Å². The monoisotopic (exact) mass is 253 g/mol. The van der Waals surface area contributed by atoms with E-state index in [4.69, 9.17) is 0 Å². The molecule has 2 saturated carbocycles. The van der Waals surface area contributed by atoms with Crippen molar-refractivity contribution in [3.8, 4) is 0 Å². The second-order valence-electron chi connectivity index (χ2n) is 6.56. The predicted molar refractivity (Wildman–Crippen MR) is 76.6 cm³/mol. The molecular formula is C16H31NO. The molecule has 18 heavy (non-hydrogen) atoms. The van der Waals surface area contributed by atoms with Crippen LogP contribution < -0.4 is 5.32 Å². The van der Waals surface area contributed by atoms with Gasteiger partial charge in [-0.2, -0.15) is 0 Å². The average Bonchev–Trinajstić information content (AvgIpc) is 2.42. The number of hydrogen-bond donors (Lipinski definition) is 2. The third-order valence-corrected chi connectivity index (χ3v) is 5.53. The molecule has 0 bridgehead atoms. The fourth-order valence-corrected chi connectivity index (χ4v) is 4.13. The third kappa shape index (κ3) is 3.27. The van der Waals surface area contributed by atoms with Crippen LogP contribution in [0.3, 0.4) is 0 Å². The van der Waals surface area contributed by atoms with Gasteiger partial charge in [-0.1, -0.05) is 33.1 Å². The number of rotatable bonds is 4. The lowest BCUT2D eigenvalue weighted by Gasteiger charge is -2.44. The van der Waals surface area contributed by atoms with Gasteiger partial charge >= 0.3 is 0 Å². The van der Waals surface area contributed by atoms with Crippen molar-refractivity contribution in [3.63, 3.8) is 0 Å². The van der Waals surface area contributed by atoms with Gasteiger partial charge in [-0.15, -0.1) is 0 Å². The Kier molecular flexibility index (Phi) is 5.08. The summed E-state index contributed by atoms with van der Waals surface area (Å²) in [6, 6.07) is 0.655. The quantitative estimate of drug-likeness (QED) is 0.804. The van der Waals surface area contributed by atoms with E-state index in [0.29, 0.717) is 12.0 Å². The summed E-state index contributed by atoms with van der Waals surface area (Å²) in [4.78, 5) is 0. The van der Waals surface area contributed by atoms with E-state index in [0.717, 1.165) is 38.1 Å². The molecule has 0 amide bonds. The van der Waals surface area contributed by atoms with Gasteiger partial charge in [0.25, 0.3) is 0 Å². The van der Waals surface area contributed by atoms with Gasteiger partial charge in [-0.3, -0.25) is 0 Å². The molecule has 2 N–H and O–H groups in total. The van der Waals surface area contributed by atoms with Crippen molar-refractivity contribution in [1.82, 2.24) is 5.32 Å². The summed E-state index contributed by atoms with van der Waals surface area (Å²) in [5.41, 5.74) is -0.329. The zero-order chi connectivity index (χ0) is 13.0. The summed E-state index contributed by atoms with van der Waals surface area (Å²) in [5.74, 6) is 1.52. The Bertz CT molecular complexity index is 237. The lowest BCUT2D eigenvalue weighted by Crippen LogP contribution is -2.46. The Hall–Kier alpha value is -0.0800. The van der Waals surface area contributed by atoms with Gasteiger partial charge in [0.2, 0.25) is 0 Å². The lowest BCUT2D eigenvalue weighted by atomic mass is 9.67. The molecule has 0 heterocycles. The second-order valence-corrected chi connectivity index (χ2v) is 6.56. The molecule has 2 aliphatic rings. The van der Waals surface area contributed by atoms with Crippen LogP contribution in [0.4, 0.5) is 0 Å². The van der Waals surface area contributed by atoms with Crippen molar-refractivity contribution < 1.29 is 5.11 Å². The van der Waals surface area contributed by atoms with Gasteiger partial charge in [0, 0.05) is 6.04 Å². The summed E-state index contributed by atoms with van der Waals surface area (Å²) in [6.45, 7) is 5.54. The number of aliphatic hydroxyl groups is 1. The lowest BCUT2D eigenvalue weighted by molar-refractivity contribution is -0.0702. The van der Waals surface area contributed by atoms with Gasteiger partial charge in [-0.25, -0.2) is 0 Å². The Morgan fingerprint density at radius 2 is 1.61 bits per heavy atom. The molecule has 106 valence electrons. The van der Waals surface area contributed by atoms with Crippen LogP contribution in [0, 0.1) is 11.8 Å². The molecule has 2 aliphatic carbocycles. The molecule has 2 nitrogen and oxygen atoms in total. The van der Waals surface area contributed by atoms with Gasteiger partial charge < -0.3 is 10.4 Å². The van der Waals surface area contributed by atoms with E-state index in [1.54, 1.807) is 0 Å². The van der Waals surface area contributed by atoms with Crippen molar-refractivity contribution in [2.24, 2.45) is 11.8 Å². The van der Waals surface area contributed by atoms with Gasteiger partial charge in [0.05, 0.1) is 5.60 Å². The van der Waals surface area contributed by atoms with Crippen LogP contribution in [0.25, 0.3) is 0 Å². The largest absolute Gasteiger partial charge is 0.390 e. The summed E-state index contributed by atoms with van der Waals surface area (Å²) in [5, 5.41) is 14.4. The van der Waals surface area contributed by atoms with Crippen LogP contribution in [0.15, 0.2) is 0 Å². The predicted octanol–water partition coefficient (Wildman–Crippen LogP) is 3.49. The molecule has 0 aromatic carbocycles. The highest BCUT2D eigenvalue weighted by Crippen LogP contribution is 2.43. The minimum Gasteiger partial charge on any atom is -0.390 e. The van der Waals surface area contributed by atoms with Gasteiger partial charge in [0.15, 0.2) is 0 Å². The topological polar surface area (TPSA) is 32.3 Å². The Morgan fingerprint density at radius 3 is 2.11 bits per heavy atom. The highest BCUT2D eigenvalue weighted by molar-refractivity contribution is 4.94. The molecule has 0 aromatic heterocycles. The fourth-order valence-electron chi connectivity index (χ4n) is 4.13. The Morgan fingerprint density at radius 1 is 1.00 bits per heavy atom. The molecule has 2 rings (SSSR count). The molecule has 0 aromatic rings. The van der Waals surface area contributed by atoms with Crippen molar-refractivity contribution in [2.45, 2.75) is 83.3 Å². The Balaban J connectivity index is 1.82. The van der Waals surface area contributed by atoms with Crippen molar-refractivity contribution in [1.29, 1.82) is 0 Å². The number of hydrogen-bond acceptors (Lipinski definition) is 2. The highest BCUT2D eigenvalue weighted by atomic mass is 16.3. The molecule has 0 aliphatic heterocycles. The van der Waals surface area contributed by atoms with Crippen LogP contribution in [0.2, 0.25) is 0 Å². The van der Waals surface area contributed by atoms with E-state index in [9.17, 15) is 5.11 Å². The number of nitrogens with one attached hydrogen (secondary N) is 1. The molecule has 2 heteroatoms. The minimum atomic E-state index is -0.329. The van der Waals surface area contributed by atoms with Gasteiger partial charge in [-0.05, 0) is 56.9 Å². The fraction of sp³-hybridized carbons (Fsp3) is 1.00. The minimum absolute atomic E-state index is 0.329. The summed E-state index contributed by atoms with van der Waals surface area (Å²) >= 11 is 0. The maximum absolute atomic E-state index is 10.9. The SMILES string of the molecule is CCNC1CCC(O)(C2CCC(CC)CC2)CC1. The van der Waals surface area contributed by atoms with Gasteiger partial charge in [0.1, 0.15) is 0 Å². The van der Waals surface area contributed by atoms with E-state index in [1.165, 1.54) is 32.1 Å². The molecule has 0 unspecified atom stereocenters. The smallest absolute Gasteiger partial charge is 0.0677 e. The first-order valence-corrected chi connectivity index (χ1v) is 8.13. The standard InChI is InChI=1S/C16H31NO/c1-3-13-5-7-14(8-6-13)16(18)11-9-15(10-12-16)17-4-2/h13-15,17-18H,3-12H2,1-2H3. The van der Waals surface area contributed by atoms with Crippen molar-refractivity contribution in [3.05, 3.63) is 0 Å². The Labute approximate surface area is 113 Å².